The number of carbonyl (C=O) groups excluding carboxylic acids is 2. The molecule has 3 aromatic carbocycles. The minimum absolute atomic E-state index is 0.161. The van der Waals surface area contributed by atoms with E-state index in [4.69, 9.17) is 27.9 Å². The van der Waals surface area contributed by atoms with Crippen molar-refractivity contribution in [3.63, 3.8) is 0 Å². The number of anilines is 1. The fourth-order valence-corrected chi connectivity index (χ4v) is 11.3. The molecule has 1 saturated heterocycles. The largest absolute Gasteiger partial charge is 0.489 e. The highest BCUT2D eigenvalue weighted by Gasteiger charge is 2.70. The van der Waals surface area contributed by atoms with Gasteiger partial charge in [-0.05, 0) is 72.2 Å². The van der Waals surface area contributed by atoms with E-state index in [1.54, 1.807) is 24.3 Å². The number of H-pyrrole nitrogens is 1. The van der Waals surface area contributed by atoms with E-state index in [-0.39, 0.29) is 40.4 Å². The normalized spacial score (nSPS) is 27.9. The van der Waals surface area contributed by atoms with Gasteiger partial charge in [0.1, 0.15) is 12.4 Å². The molecule has 7 atom stereocenters. The molecule has 8 rings (SSSR count). The summed E-state index contributed by atoms with van der Waals surface area (Å²) in [5, 5.41) is 1.61. The second kappa shape index (κ2) is 10.9. The Morgan fingerprint density at radius 2 is 1.61 bits per heavy atom. The van der Waals surface area contributed by atoms with Crippen LogP contribution >= 0.6 is 46.3 Å². The lowest BCUT2D eigenvalue weighted by atomic mass is 9.68. The molecule has 3 fully saturated rings. The van der Waals surface area contributed by atoms with Crippen molar-refractivity contribution in [3.05, 3.63) is 108 Å². The molecule has 1 N–H and O–H groups in total. The van der Waals surface area contributed by atoms with Gasteiger partial charge in [0.2, 0.25) is 11.8 Å². The average molecular weight is 704 g/mol. The van der Waals surface area contributed by atoms with Gasteiger partial charge in [0.15, 0.2) is 0 Å². The molecule has 2 aliphatic carbocycles. The SMILES string of the molecule is O=C1C2C3CC(C2C(=O)N1c1ccccc1C(F)(F)F)C1C3Sc2[nH]c(=O)sc2[C@@H]1c1cc(Cl)ccc1OCc1ccc(Cl)cc1. The van der Waals surface area contributed by atoms with E-state index in [2.05, 4.69) is 4.98 Å². The Bertz CT molecular complexity index is 1960. The van der Waals surface area contributed by atoms with E-state index in [0.717, 1.165) is 38.3 Å². The number of nitrogens with zero attached hydrogens (tertiary/aromatic N) is 1. The maximum Gasteiger partial charge on any atom is 0.418 e. The number of rotatable bonds is 5. The number of thioether (sulfide) groups is 1. The fourth-order valence-electron chi connectivity index (χ4n) is 8.15. The Hall–Kier alpha value is -3.25. The molecule has 3 heterocycles. The molecule has 4 aliphatic rings. The first-order chi connectivity index (χ1) is 22.0. The van der Waals surface area contributed by atoms with Crippen LogP contribution in [0.2, 0.25) is 10.0 Å². The van der Waals surface area contributed by atoms with Crippen LogP contribution < -0.4 is 14.5 Å². The van der Waals surface area contributed by atoms with Crippen LogP contribution in [-0.4, -0.2) is 22.0 Å². The first kappa shape index (κ1) is 30.1. The van der Waals surface area contributed by atoms with Gasteiger partial charge in [-0.1, -0.05) is 58.8 Å². The summed E-state index contributed by atoms with van der Waals surface area (Å²) in [6.45, 7) is 0.245. The van der Waals surface area contributed by atoms with E-state index in [1.807, 2.05) is 18.2 Å². The molecule has 0 radical (unpaired) electrons. The lowest BCUT2D eigenvalue weighted by Crippen LogP contribution is -2.42. The minimum Gasteiger partial charge on any atom is -0.489 e. The van der Waals surface area contributed by atoms with Crippen molar-refractivity contribution < 1.29 is 27.5 Å². The topological polar surface area (TPSA) is 79.5 Å². The van der Waals surface area contributed by atoms with E-state index in [9.17, 15) is 27.6 Å². The van der Waals surface area contributed by atoms with E-state index >= 15 is 0 Å². The summed E-state index contributed by atoms with van der Waals surface area (Å²) in [5.74, 6) is -3.27. The molecule has 0 spiro atoms. The van der Waals surface area contributed by atoms with Crippen LogP contribution in [0.5, 0.6) is 5.75 Å². The number of nitrogens with one attached hydrogen (secondary N) is 1. The highest BCUT2D eigenvalue weighted by molar-refractivity contribution is 8.00. The molecule has 6 nitrogen and oxygen atoms in total. The van der Waals surface area contributed by atoms with E-state index in [1.165, 1.54) is 30.0 Å². The molecule has 6 unspecified atom stereocenters. The Kier molecular flexibility index (Phi) is 7.13. The molecule has 2 saturated carbocycles. The number of thiazole rings is 1. The summed E-state index contributed by atoms with van der Waals surface area (Å²) in [6, 6.07) is 17.3. The zero-order valence-corrected chi connectivity index (χ0v) is 26.7. The molecule has 46 heavy (non-hydrogen) atoms. The lowest BCUT2D eigenvalue weighted by molar-refractivity contribution is -0.137. The van der Waals surface area contributed by atoms with Gasteiger partial charge < -0.3 is 9.72 Å². The monoisotopic (exact) mass is 702 g/mol. The van der Waals surface area contributed by atoms with Crippen LogP contribution in [0.4, 0.5) is 18.9 Å². The zero-order valence-electron chi connectivity index (χ0n) is 23.6. The molecular weight excluding hydrogens is 680 g/mol. The number of benzene rings is 3. The number of alkyl halides is 3. The number of fused-ring (bicyclic) bond motifs is 9. The number of hydrogen-bond donors (Lipinski definition) is 1. The number of para-hydroxylation sites is 1. The number of aromatic nitrogens is 1. The Balaban J connectivity index is 1.20. The van der Waals surface area contributed by atoms with Crippen molar-refractivity contribution in [2.24, 2.45) is 29.6 Å². The summed E-state index contributed by atoms with van der Waals surface area (Å²) >= 11 is 15.2. The van der Waals surface area contributed by atoms with Crippen molar-refractivity contribution >= 4 is 63.8 Å². The molecule has 236 valence electrons. The maximum absolute atomic E-state index is 14.1. The Morgan fingerprint density at radius 1 is 0.913 bits per heavy atom. The number of imide groups is 1. The van der Waals surface area contributed by atoms with Gasteiger partial charge in [0.05, 0.1) is 28.1 Å². The molecule has 13 heteroatoms. The maximum atomic E-state index is 14.1. The highest BCUT2D eigenvalue weighted by Crippen LogP contribution is 2.69. The summed E-state index contributed by atoms with van der Waals surface area (Å²) in [5.41, 5.74) is 0.205. The van der Waals surface area contributed by atoms with Gasteiger partial charge in [0, 0.05) is 31.7 Å². The molecule has 2 amide bonds. The highest BCUT2D eigenvalue weighted by atomic mass is 35.5. The average Bonchev–Trinajstić information content (AvgIpc) is 3.75. The van der Waals surface area contributed by atoms with Gasteiger partial charge in [0.25, 0.3) is 0 Å². The summed E-state index contributed by atoms with van der Waals surface area (Å²) in [6.07, 6.45) is -4.15. The number of aromatic amines is 1. The summed E-state index contributed by atoms with van der Waals surface area (Å²) < 4.78 is 48.3. The van der Waals surface area contributed by atoms with E-state index < -0.39 is 41.1 Å². The van der Waals surface area contributed by atoms with Gasteiger partial charge in [-0.25, -0.2) is 4.90 Å². The van der Waals surface area contributed by atoms with Gasteiger partial charge in [-0.3, -0.25) is 14.4 Å². The van der Waals surface area contributed by atoms with Crippen LogP contribution in [0.15, 0.2) is 76.6 Å². The number of hydrogen-bond acceptors (Lipinski definition) is 6. The van der Waals surface area contributed by atoms with Crippen LogP contribution in [0.25, 0.3) is 0 Å². The van der Waals surface area contributed by atoms with Crippen molar-refractivity contribution in [2.75, 3.05) is 4.90 Å². The predicted octanol–water partition coefficient (Wildman–Crippen LogP) is 8.02. The lowest BCUT2D eigenvalue weighted by Gasteiger charge is -2.43. The van der Waals surface area contributed by atoms with Crippen LogP contribution in [-0.2, 0) is 22.4 Å². The minimum atomic E-state index is -4.74. The third kappa shape index (κ3) is 4.64. The Morgan fingerprint density at radius 3 is 2.35 bits per heavy atom. The van der Waals surface area contributed by atoms with Crippen LogP contribution in [0.1, 0.15) is 33.9 Å². The molecule has 2 aliphatic heterocycles. The molecule has 1 aromatic heterocycles. The quantitative estimate of drug-likeness (QED) is 0.213. The molecular formula is C33H23Cl2F3N2O4S2. The molecule has 2 bridgehead atoms. The van der Waals surface area contributed by atoms with Crippen molar-refractivity contribution in [3.8, 4) is 5.75 Å². The first-order valence-electron chi connectivity index (χ1n) is 14.6. The first-order valence-corrected chi connectivity index (χ1v) is 17.1. The van der Waals surface area contributed by atoms with E-state index in [0.29, 0.717) is 27.2 Å². The van der Waals surface area contributed by atoms with Crippen LogP contribution in [0, 0.1) is 29.6 Å². The molecule has 4 aromatic rings. The van der Waals surface area contributed by atoms with Gasteiger partial charge >= 0.3 is 11.0 Å². The van der Waals surface area contributed by atoms with Gasteiger partial charge in [-0.2, -0.15) is 13.2 Å². The third-order valence-corrected chi connectivity index (χ3v) is 12.9. The van der Waals surface area contributed by atoms with Gasteiger partial charge in [-0.15, -0.1) is 11.8 Å². The van der Waals surface area contributed by atoms with Crippen molar-refractivity contribution in [1.82, 2.24) is 4.98 Å². The number of ether oxygens (including phenoxy) is 1. The summed E-state index contributed by atoms with van der Waals surface area (Å²) in [4.78, 5) is 45.0. The van der Waals surface area contributed by atoms with Crippen LogP contribution in [0.3, 0.4) is 0 Å². The third-order valence-electron chi connectivity index (χ3n) is 9.79. The fraction of sp³-hybridized carbons (Fsp3) is 0.303. The summed E-state index contributed by atoms with van der Waals surface area (Å²) in [7, 11) is 0. The number of carbonyl (C=O) groups is 2. The second-order valence-corrected chi connectivity index (χ2v) is 15.2. The number of amides is 2. The smallest absolute Gasteiger partial charge is 0.418 e. The predicted molar refractivity (Wildman–Crippen MR) is 170 cm³/mol. The zero-order chi connectivity index (χ0) is 32.1. The Labute approximate surface area is 278 Å². The van der Waals surface area contributed by atoms with Crippen molar-refractivity contribution in [2.45, 2.75) is 35.4 Å². The standard InChI is InChI=1S/C33H23Cl2F3N2O4S2/c34-15-7-5-14(6-8-15)13-44-22-10-9-16(35)11-17(22)23-24-18-12-19(27(24)45-29-28(23)46-32(43)39-29)26-25(18)30(41)40(31(26)42)21-4-2-1-3-20(21)33(36,37)38/h1-11,18-19,23-27H,12-13H2,(H,39,43)/t18?,19?,23-,24?,25?,26?,27?/m1/s1. The van der Waals surface area contributed by atoms with Crippen molar-refractivity contribution in [1.29, 1.82) is 0 Å². The number of halogens is 5. The second-order valence-electron chi connectivity index (χ2n) is 12.1.